The van der Waals surface area contributed by atoms with Gasteiger partial charge >= 0.3 is 0 Å². The molecule has 1 atom stereocenters. The second-order valence-corrected chi connectivity index (χ2v) is 5.10. The van der Waals surface area contributed by atoms with E-state index in [-0.39, 0.29) is 24.3 Å². The van der Waals surface area contributed by atoms with Crippen molar-refractivity contribution in [2.24, 2.45) is 0 Å². The van der Waals surface area contributed by atoms with Gasteiger partial charge in [0.15, 0.2) is 6.04 Å². The first-order valence-electron chi connectivity index (χ1n) is 5.81. The van der Waals surface area contributed by atoms with Gasteiger partial charge in [-0.1, -0.05) is 15.9 Å². The minimum Gasteiger partial charge on any atom is -0.345 e. The smallest absolute Gasteiger partial charge is 0.278 e. The van der Waals surface area contributed by atoms with E-state index in [0.29, 0.717) is 6.54 Å². The lowest BCUT2D eigenvalue weighted by molar-refractivity contribution is -0.678. The first kappa shape index (κ1) is 13.0. The van der Waals surface area contributed by atoms with Crippen LogP contribution in [-0.4, -0.2) is 30.9 Å². The summed E-state index contributed by atoms with van der Waals surface area (Å²) in [5, 5.41) is 7.43. The molecule has 1 saturated heterocycles. The predicted molar refractivity (Wildman–Crippen MR) is 71.0 cm³/mol. The Morgan fingerprint density at radius 2 is 2.17 bits per heavy atom. The Hall–Kier alpha value is -1.40. The SMILES string of the molecule is O=C(C[C@H]1[NH2+]CCNC1=O)Nc1ccc(Br)cc1. The number of benzene rings is 1. The van der Waals surface area contributed by atoms with Crippen LogP contribution in [0.3, 0.4) is 0 Å². The molecule has 1 heterocycles. The Morgan fingerprint density at radius 3 is 2.83 bits per heavy atom. The third-order valence-electron chi connectivity index (χ3n) is 2.76. The van der Waals surface area contributed by atoms with Crippen molar-refractivity contribution in [1.29, 1.82) is 0 Å². The lowest BCUT2D eigenvalue weighted by atomic mass is 10.1. The van der Waals surface area contributed by atoms with Crippen molar-refractivity contribution < 1.29 is 14.9 Å². The van der Waals surface area contributed by atoms with Crippen molar-refractivity contribution in [2.45, 2.75) is 12.5 Å². The maximum Gasteiger partial charge on any atom is 0.278 e. The number of nitrogens with one attached hydrogen (secondary N) is 2. The molecule has 5 nitrogen and oxygen atoms in total. The normalized spacial score (nSPS) is 19.2. The van der Waals surface area contributed by atoms with Crippen LogP contribution in [0.15, 0.2) is 28.7 Å². The molecule has 96 valence electrons. The number of anilines is 1. The molecule has 6 heteroatoms. The zero-order valence-electron chi connectivity index (χ0n) is 9.78. The predicted octanol–water partition coefficient (Wildman–Crippen LogP) is -0.160. The standard InChI is InChI=1S/C12H14BrN3O2/c13-8-1-3-9(4-2-8)16-11(17)7-10-12(18)15-6-5-14-10/h1-4,10,14H,5-7H2,(H,15,18)(H,16,17)/p+1/t10-/m1/s1. The van der Waals surface area contributed by atoms with Gasteiger partial charge in [0.05, 0.1) is 19.5 Å². The van der Waals surface area contributed by atoms with E-state index in [1.54, 1.807) is 0 Å². The zero-order valence-corrected chi connectivity index (χ0v) is 11.4. The van der Waals surface area contributed by atoms with Crippen molar-refractivity contribution >= 4 is 33.4 Å². The van der Waals surface area contributed by atoms with Crippen LogP contribution in [0.5, 0.6) is 0 Å². The van der Waals surface area contributed by atoms with Crippen LogP contribution in [0.4, 0.5) is 5.69 Å². The molecule has 0 radical (unpaired) electrons. The molecule has 2 amide bonds. The van der Waals surface area contributed by atoms with Gasteiger partial charge in [0.1, 0.15) is 0 Å². The largest absolute Gasteiger partial charge is 0.345 e. The molecule has 0 aliphatic carbocycles. The molecule has 18 heavy (non-hydrogen) atoms. The first-order chi connectivity index (χ1) is 8.65. The van der Waals surface area contributed by atoms with Crippen molar-refractivity contribution in [3.8, 4) is 0 Å². The Bertz CT molecular complexity index is 447. The summed E-state index contributed by atoms with van der Waals surface area (Å²) in [4.78, 5) is 23.3. The van der Waals surface area contributed by atoms with E-state index in [0.717, 1.165) is 16.7 Å². The molecule has 1 aliphatic rings. The molecule has 2 rings (SSSR count). The Morgan fingerprint density at radius 1 is 1.44 bits per heavy atom. The summed E-state index contributed by atoms with van der Waals surface area (Å²) >= 11 is 3.33. The van der Waals surface area contributed by atoms with Gasteiger partial charge in [-0.2, -0.15) is 0 Å². The van der Waals surface area contributed by atoms with Crippen LogP contribution in [-0.2, 0) is 9.59 Å². The van der Waals surface area contributed by atoms with E-state index in [2.05, 4.69) is 26.6 Å². The number of amides is 2. The summed E-state index contributed by atoms with van der Waals surface area (Å²) in [6.45, 7) is 1.49. The fraction of sp³-hybridized carbons (Fsp3) is 0.333. The van der Waals surface area contributed by atoms with Crippen LogP contribution >= 0.6 is 15.9 Å². The lowest BCUT2D eigenvalue weighted by Crippen LogP contribution is -2.96. The van der Waals surface area contributed by atoms with Gasteiger partial charge in [0.25, 0.3) is 5.91 Å². The van der Waals surface area contributed by atoms with Crippen LogP contribution in [0.2, 0.25) is 0 Å². The molecule has 1 fully saturated rings. The number of hydrogen-bond donors (Lipinski definition) is 3. The first-order valence-corrected chi connectivity index (χ1v) is 6.61. The number of halogens is 1. The van der Waals surface area contributed by atoms with Crippen LogP contribution in [0, 0.1) is 0 Å². The topological polar surface area (TPSA) is 74.8 Å². The summed E-state index contributed by atoms with van der Waals surface area (Å²) < 4.78 is 0.959. The summed E-state index contributed by atoms with van der Waals surface area (Å²) in [6.07, 6.45) is 0.196. The van der Waals surface area contributed by atoms with Gasteiger partial charge in [0, 0.05) is 10.2 Å². The summed E-state index contributed by atoms with van der Waals surface area (Å²) in [5.74, 6) is -0.206. The molecule has 1 aromatic rings. The van der Waals surface area contributed by atoms with E-state index in [1.807, 2.05) is 29.6 Å². The monoisotopic (exact) mass is 312 g/mol. The highest BCUT2D eigenvalue weighted by molar-refractivity contribution is 9.10. The van der Waals surface area contributed by atoms with Crippen LogP contribution in [0.1, 0.15) is 6.42 Å². The summed E-state index contributed by atoms with van der Waals surface area (Å²) in [5.41, 5.74) is 0.736. The molecule has 4 N–H and O–H groups in total. The maximum atomic E-state index is 11.8. The second-order valence-electron chi connectivity index (χ2n) is 4.18. The number of carbonyl (C=O) groups excluding carboxylic acids is 2. The highest BCUT2D eigenvalue weighted by Gasteiger charge is 2.27. The van der Waals surface area contributed by atoms with E-state index >= 15 is 0 Å². The molecule has 0 aromatic heterocycles. The molecule has 0 bridgehead atoms. The number of carbonyl (C=O) groups is 2. The molecular weight excluding hydrogens is 298 g/mol. The minimum absolute atomic E-state index is 0.0628. The fourth-order valence-electron chi connectivity index (χ4n) is 1.84. The number of hydrogen-bond acceptors (Lipinski definition) is 2. The van der Waals surface area contributed by atoms with E-state index in [9.17, 15) is 9.59 Å². The Balaban J connectivity index is 1.88. The van der Waals surface area contributed by atoms with Crippen molar-refractivity contribution in [3.63, 3.8) is 0 Å². The fourth-order valence-corrected chi connectivity index (χ4v) is 2.10. The van der Waals surface area contributed by atoms with Gasteiger partial charge in [-0.15, -0.1) is 0 Å². The van der Waals surface area contributed by atoms with E-state index in [4.69, 9.17) is 0 Å². The van der Waals surface area contributed by atoms with Gasteiger partial charge in [0.2, 0.25) is 5.91 Å². The van der Waals surface area contributed by atoms with Crippen LogP contribution < -0.4 is 16.0 Å². The maximum absolute atomic E-state index is 11.8. The Kier molecular flexibility index (Phi) is 4.33. The third-order valence-corrected chi connectivity index (χ3v) is 3.29. The molecule has 1 aromatic carbocycles. The molecular formula is C12H15BrN3O2+. The number of piperazine rings is 1. The summed E-state index contributed by atoms with van der Waals surface area (Å²) in [7, 11) is 0. The molecule has 0 unspecified atom stereocenters. The Labute approximate surface area is 113 Å². The quantitative estimate of drug-likeness (QED) is 0.725. The average Bonchev–Trinajstić information content (AvgIpc) is 2.35. The number of nitrogens with two attached hydrogens (primary N) is 1. The van der Waals surface area contributed by atoms with Gasteiger partial charge in [-0.3, -0.25) is 9.59 Å². The average molecular weight is 313 g/mol. The van der Waals surface area contributed by atoms with E-state index in [1.165, 1.54) is 0 Å². The van der Waals surface area contributed by atoms with Gasteiger partial charge in [-0.05, 0) is 24.3 Å². The van der Waals surface area contributed by atoms with E-state index < -0.39 is 0 Å². The number of quaternary nitrogens is 1. The van der Waals surface area contributed by atoms with Crippen molar-refractivity contribution in [1.82, 2.24) is 5.32 Å². The number of rotatable bonds is 3. The highest BCUT2D eigenvalue weighted by atomic mass is 79.9. The van der Waals surface area contributed by atoms with Crippen LogP contribution in [0.25, 0.3) is 0 Å². The molecule has 0 saturated carbocycles. The molecule has 0 spiro atoms. The third kappa shape index (κ3) is 3.54. The summed E-state index contributed by atoms with van der Waals surface area (Å²) in [6, 6.07) is 7.03. The molecule has 1 aliphatic heterocycles. The highest BCUT2D eigenvalue weighted by Crippen LogP contribution is 2.14. The van der Waals surface area contributed by atoms with Gasteiger partial charge < -0.3 is 16.0 Å². The van der Waals surface area contributed by atoms with Crippen molar-refractivity contribution in [2.75, 3.05) is 18.4 Å². The minimum atomic E-state index is -0.311. The lowest BCUT2D eigenvalue weighted by Gasteiger charge is -2.19. The van der Waals surface area contributed by atoms with Gasteiger partial charge in [-0.25, -0.2) is 0 Å². The zero-order chi connectivity index (χ0) is 13.0. The second kappa shape index (κ2) is 5.97. The van der Waals surface area contributed by atoms with Crippen molar-refractivity contribution in [3.05, 3.63) is 28.7 Å².